The number of rotatable bonds is 3. The third kappa shape index (κ3) is 3.14. The Morgan fingerprint density at radius 2 is 2.06 bits per heavy atom. The van der Waals surface area contributed by atoms with Crippen LogP contribution < -0.4 is 4.90 Å². The molecular formula is C11H10BrClN4. The fourth-order valence-corrected chi connectivity index (χ4v) is 2.06. The molecule has 6 heteroatoms. The molecule has 0 aliphatic heterocycles. The second-order valence-electron chi connectivity index (χ2n) is 3.52. The summed E-state index contributed by atoms with van der Waals surface area (Å²) in [6.45, 7) is 0.731. The summed E-state index contributed by atoms with van der Waals surface area (Å²) >= 11 is 9.19. The van der Waals surface area contributed by atoms with Gasteiger partial charge in [0.15, 0.2) is 0 Å². The molecule has 88 valence electrons. The van der Waals surface area contributed by atoms with Gasteiger partial charge in [0.05, 0.1) is 4.47 Å². The van der Waals surface area contributed by atoms with Gasteiger partial charge in [-0.25, -0.2) is 4.98 Å². The van der Waals surface area contributed by atoms with E-state index in [0.29, 0.717) is 0 Å². The lowest BCUT2D eigenvalue weighted by atomic mass is 10.2. The number of aromatic nitrogens is 3. The minimum atomic E-state index is 0.241. The lowest BCUT2D eigenvalue weighted by Crippen LogP contribution is -2.18. The van der Waals surface area contributed by atoms with Crippen LogP contribution in [0.5, 0.6) is 0 Å². The van der Waals surface area contributed by atoms with Crippen LogP contribution in [-0.4, -0.2) is 22.0 Å². The highest BCUT2D eigenvalue weighted by molar-refractivity contribution is 9.10. The summed E-state index contributed by atoms with van der Waals surface area (Å²) in [5, 5.41) is 0.241. The third-order valence-electron chi connectivity index (χ3n) is 2.23. The molecule has 0 saturated carbocycles. The minimum absolute atomic E-state index is 0.241. The fourth-order valence-electron chi connectivity index (χ4n) is 1.44. The van der Waals surface area contributed by atoms with Crippen molar-refractivity contribution in [3.05, 3.63) is 46.0 Å². The zero-order chi connectivity index (χ0) is 12.3. The Hall–Kier alpha value is -1.20. The second kappa shape index (κ2) is 5.42. The van der Waals surface area contributed by atoms with E-state index in [2.05, 4.69) is 30.9 Å². The lowest BCUT2D eigenvalue weighted by molar-refractivity contribution is 0.884. The van der Waals surface area contributed by atoms with Crippen LogP contribution >= 0.6 is 27.5 Å². The number of hydrogen-bond acceptors (Lipinski definition) is 4. The van der Waals surface area contributed by atoms with Gasteiger partial charge >= 0.3 is 0 Å². The highest BCUT2D eigenvalue weighted by Gasteiger charge is 2.09. The Kier molecular flexibility index (Phi) is 3.91. The molecule has 0 amide bonds. The van der Waals surface area contributed by atoms with Crippen molar-refractivity contribution in [1.29, 1.82) is 0 Å². The quantitative estimate of drug-likeness (QED) is 0.817. The number of anilines is 1. The van der Waals surface area contributed by atoms with Gasteiger partial charge in [-0.2, -0.15) is 4.98 Å². The predicted molar refractivity (Wildman–Crippen MR) is 71.1 cm³/mol. The van der Waals surface area contributed by atoms with Crippen LogP contribution in [-0.2, 0) is 6.54 Å². The first-order chi connectivity index (χ1) is 8.16. The van der Waals surface area contributed by atoms with Crippen molar-refractivity contribution in [2.45, 2.75) is 6.54 Å². The summed E-state index contributed by atoms with van der Waals surface area (Å²) in [4.78, 5) is 14.1. The van der Waals surface area contributed by atoms with E-state index in [1.165, 1.54) is 0 Å². The average molecular weight is 314 g/mol. The molecule has 0 spiro atoms. The summed E-state index contributed by atoms with van der Waals surface area (Å²) in [5.41, 5.74) is 1.16. The SMILES string of the molecule is CN(Cc1ccncc1)c1nc(Cl)ncc1Br. The van der Waals surface area contributed by atoms with Crippen molar-refractivity contribution in [3.63, 3.8) is 0 Å². The first-order valence-corrected chi connectivity index (χ1v) is 6.12. The van der Waals surface area contributed by atoms with E-state index in [4.69, 9.17) is 11.6 Å². The van der Waals surface area contributed by atoms with Crippen LogP contribution in [0.1, 0.15) is 5.56 Å². The minimum Gasteiger partial charge on any atom is -0.354 e. The van der Waals surface area contributed by atoms with Crippen molar-refractivity contribution < 1.29 is 0 Å². The summed E-state index contributed by atoms with van der Waals surface area (Å²) < 4.78 is 0.818. The molecule has 0 atom stereocenters. The molecule has 0 aliphatic carbocycles. The largest absolute Gasteiger partial charge is 0.354 e. The first kappa shape index (κ1) is 12.3. The van der Waals surface area contributed by atoms with Crippen LogP contribution in [0.2, 0.25) is 5.28 Å². The number of halogens is 2. The van der Waals surface area contributed by atoms with Gasteiger partial charge < -0.3 is 4.90 Å². The van der Waals surface area contributed by atoms with E-state index in [0.717, 1.165) is 22.4 Å². The van der Waals surface area contributed by atoms with Crippen molar-refractivity contribution >= 4 is 33.3 Å². The Labute approximate surface area is 113 Å². The highest BCUT2D eigenvalue weighted by atomic mass is 79.9. The van der Waals surface area contributed by atoms with Crippen molar-refractivity contribution in [3.8, 4) is 0 Å². The van der Waals surface area contributed by atoms with E-state index in [-0.39, 0.29) is 5.28 Å². The van der Waals surface area contributed by atoms with Gasteiger partial charge in [-0.05, 0) is 45.2 Å². The predicted octanol–water partition coefficient (Wildman–Crippen LogP) is 2.92. The highest BCUT2D eigenvalue weighted by Crippen LogP contribution is 2.24. The standard InChI is InChI=1S/C11H10BrClN4/c1-17(7-8-2-4-14-5-3-8)10-9(12)6-15-11(13)16-10/h2-6H,7H2,1H3. The van der Waals surface area contributed by atoms with Crippen LogP contribution in [0.25, 0.3) is 0 Å². The van der Waals surface area contributed by atoms with E-state index < -0.39 is 0 Å². The van der Waals surface area contributed by atoms with Crippen molar-refractivity contribution in [1.82, 2.24) is 15.0 Å². The van der Waals surface area contributed by atoms with Crippen molar-refractivity contribution in [2.24, 2.45) is 0 Å². The van der Waals surface area contributed by atoms with Gasteiger partial charge in [-0.3, -0.25) is 4.98 Å². The van der Waals surface area contributed by atoms with Gasteiger partial charge in [-0.1, -0.05) is 0 Å². The first-order valence-electron chi connectivity index (χ1n) is 4.95. The van der Waals surface area contributed by atoms with E-state index in [1.54, 1.807) is 18.6 Å². The van der Waals surface area contributed by atoms with Gasteiger partial charge in [0.2, 0.25) is 5.28 Å². The average Bonchev–Trinajstić information content (AvgIpc) is 2.33. The fraction of sp³-hybridized carbons (Fsp3) is 0.182. The summed E-state index contributed by atoms with van der Waals surface area (Å²) in [7, 11) is 1.95. The van der Waals surface area contributed by atoms with Gasteiger partial charge in [0, 0.05) is 32.2 Å². The Balaban J connectivity index is 2.20. The molecule has 0 unspecified atom stereocenters. The molecular weight excluding hydrogens is 304 g/mol. The molecule has 0 aliphatic rings. The molecule has 2 aromatic rings. The number of pyridine rings is 1. The lowest BCUT2D eigenvalue weighted by Gasteiger charge is -2.19. The second-order valence-corrected chi connectivity index (χ2v) is 4.71. The van der Waals surface area contributed by atoms with Crippen LogP contribution in [0, 0.1) is 0 Å². The number of nitrogens with zero attached hydrogens (tertiary/aromatic N) is 4. The Morgan fingerprint density at radius 3 is 2.76 bits per heavy atom. The summed E-state index contributed by atoms with van der Waals surface area (Å²) in [6, 6.07) is 3.93. The molecule has 2 aromatic heterocycles. The van der Waals surface area contributed by atoms with E-state index >= 15 is 0 Å². The molecule has 17 heavy (non-hydrogen) atoms. The molecule has 0 radical (unpaired) electrons. The van der Waals surface area contributed by atoms with Crippen LogP contribution in [0.4, 0.5) is 5.82 Å². The topological polar surface area (TPSA) is 41.9 Å². The molecule has 2 heterocycles. The molecule has 0 N–H and O–H groups in total. The normalized spacial score (nSPS) is 10.3. The number of hydrogen-bond donors (Lipinski definition) is 0. The molecule has 0 bridgehead atoms. The van der Waals surface area contributed by atoms with E-state index in [9.17, 15) is 0 Å². The maximum atomic E-state index is 5.78. The Morgan fingerprint density at radius 1 is 1.35 bits per heavy atom. The zero-order valence-corrected chi connectivity index (χ0v) is 11.5. The smallest absolute Gasteiger partial charge is 0.224 e. The summed E-state index contributed by atoms with van der Waals surface area (Å²) in [5.74, 6) is 0.766. The maximum Gasteiger partial charge on any atom is 0.224 e. The maximum absolute atomic E-state index is 5.78. The van der Waals surface area contributed by atoms with Gasteiger partial charge in [0.25, 0.3) is 0 Å². The Bertz CT molecular complexity index is 506. The molecule has 2 rings (SSSR count). The molecule has 0 fully saturated rings. The molecule has 0 aromatic carbocycles. The van der Waals surface area contributed by atoms with Crippen LogP contribution in [0.15, 0.2) is 35.2 Å². The molecule has 0 saturated heterocycles. The monoisotopic (exact) mass is 312 g/mol. The van der Waals surface area contributed by atoms with E-state index in [1.807, 2.05) is 24.1 Å². The van der Waals surface area contributed by atoms with Crippen LogP contribution in [0.3, 0.4) is 0 Å². The molecule has 4 nitrogen and oxygen atoms in total. The summed E-state index contributed by atoms with van der Waals surface area (Å²) in [6.07, 6.45) is 5.18. The van der Waals surface area contributed by atoms with Gasteiger partial charge in [-0.15, -0.1) is 0 Å². The third-order valence-corrected chi connectivity index (χ3v) is 2.97. The van der Waals surface area contributed by atoms with Gasteiger partial charge in [0.1, 0.15) is 5.82 Å². The van der Waals surface area contributed by atoms with Crippen molar-refractivity contribution in [2.75, 3.05) is 11.9 Å². The zero-order valence-electron chi connectivity index (χ0n) is 9.14.